The third kappa shape index (κ3) is 1.40. The number of allylic oxidation sites excluding steroid dienone is 3. The molecule has 3 atom stereocenters. The van der Waals surface area contributed by atoms with E-state index in [2.05, 4.69) is 12.2 Å². The minimum atomic E-state index is -0.500. The number of aliphatic hydroxyl groups is 1. The molecule has 2 fully saturated rings. The minimum absolute atomic E-state index is 0.500. The summed E-state index contributed by atoms with van der Waals surface area (Å²) >= 11 is 0. The molecule has 0 radical (unpaired) electrons. The standard InChI is InChI=1S/C14H20O/c1-14(15)9-3-2-4-12(14)13-10-5-6-11(13)8-7-10/h5-6,10-11,15H,2-4,7-9H2,1H3/t10-,11+,14?. The first-order valence-electron chi connectivity index (χ1n) is 6.32. The van der Waals surface area contributed by atoms with Gasteiger partial charge in [0.2, 0.25) is 0 Å². The van der Waals surface area contributed by atoms with E-state index in [9.17, 15) is 5.11 Å². The van der Waals surface area contributed by atoms with Crippen LogP contribution in [0.3, 0.4) is 0 Å². The first kappa shape index (κ1) is 9.65. The maximum Gasteiger partial charge on any atom is 0.0831 e. The molecule has 15 heavy (non-hydrogen) atoms. The summed E-state index contributed by atoms with van der Waals surface area (Å²) in [5, 5.41) is 10.5. The van der Waals surface area contributed by atoms with Crippen molar-refractivity contribution in [2.75, 3.05) is 0 Å². The van der Waals surface area contributed by atoms with Crippen LogP contribution in [0.25, 0.3) is 0 Å². The highest BCUT2D eigenvalue weighted by atomic mass is 16.3. The van der Waals surface area contributed by atoms with E-state index in [-0.39, 0.29) is 0 Å². The van der Waals surface area contributed by atoms with Crippen molar-refractivity contribution < 1.29 is 5.11 Å². The highest BCUT2D eigenvalue weighted by Gasteiger charge is 2.39. The lowest BCUT2D eigenvalue weighted by Gasteiger charge is -2.34. The normalized spacial score (nSPS) is 48.9. The van der Waals surface area contributed by atoms with Crippen molar-refractivity contribution in [1.29, 1.82) is 0 Å². The summed E-state index contributed by atoms with van der Waals surface area (Å²) < 4.78 is 0. The Labute approximate surface area is 91.9 Å². The largest absolute Gasteiger partial charge is 0.386 e. The predicted molar refractivity (Wildman–Crippen MR) is 61.5 cm³/mol. The van der Waals surface area contributed by atoms with Crippen LogP contribution in [0.5, 0.6) is 0 Å². The van der Waals surface area contributed by atoms with Crippen molar-refractivity contribution in [1.82, 2.24) is 0 Å². The van der Waals surface area contributed by atoms with Gasteiger partial charge in [0.05, 0.1) is 5.60 Å². The molecular weight excluding hydrogens is 184 g/mol. The van der Waals surface area contributed by atoms with Gasteiger partial charge in [0.25, 0.3) is 0 Å². The van der Waals surface area contributed by atoms with Gasteiger partial charge in [0, 0.05) is 0 Å². The van der Waals surface area contributed by atoms with Crippen LogP contribution in [0.1, 0.15) is 45.4 Å². The van der Waals surface area contributed by atoms with Crippen LogP contribution in [0.15, 0.2) is 23.3 Å². The molecule has 1 nitrogen and oxygen atoms in total. The Hall–Kier alpha value is -0.560. The van der Waals surface area contributed by atoms with E-state index in [1.165, 1.54) is 31.3 Å². The molecule has 1 heteroatoms. The van der Waals surface area contributed by atoms with Crippen LogP contribution in [0.4, 0.5) is 0 Å². The smallest absolute Gasteiger partial charge is 0.0831 e. The van der Waals surface area contributed by atoms with Crippen molar-refractivity contribution in [3.8, 4) is 0 Å². The van der Waals surface area contributed by atoms with Gasteiger partial charge in [-0.2, -0.15) is 0 Å². The second kappa shape index (κ2) is 3.21. The van der Waals surface area contributed by atoms with Crippen LogP contribution in [-0.2, 0) is 0 Å². The van der Waals surface area contributed by atoms with Crippen LogP contribution in [-0.4, -0.2) is 10.7 Å². The van der Waals surface area contributed by atoms with E-state index in [4.69, 9.17) is 0 Å². The summed E-state index contributed by atoms with van der Waals surface area (Å²) in [4.78, 5) is 0. The zero-order valence-electron chi connectivity index (χ0n) is 9.50. The maximum atomic E-state index is 10.5. The molecule has 1 N–H and O–H groups in total. The third-order valence-electron chi connectivity index (χ3n) is 4.50. The summed E-state index contributed by atoms with van der Waals surface area (Å²) in [6, 6.07) is 0. The topological polar surface area (TPSA) is 20.2 Å². The molecule has 2 bridgehead atoms. The summed E-state index contributed by atoms with van der Waals surface area (Å²) in [6.45, 7) is 2.02. The van der Waals surface area contributed by atoms with Crippen molar-refractivity contribution >= 4 is 0 Å². The van der Waals surface area contributed by atoms with Crippen LogP contribution < -0.4 is 0 Å². The van der Waals surface area contributed by atoms with Gasteiger partial charge in [-0.25, -0.2) is 0 Å². The Kier molecular flexibility index (Phi) is 2.07. The molecule has 3 rings (SSSR count). The molecule has 0 aromatic carbocycles. The second-order valence-electron chi connectivity index (χ2n) is 5.59. The van der Waals surface area contributed by atoms with E-state index in [1.807, 2.05) is 6.92 Å². The Morgan fingerprint density at radius 1 is 1.20 bits per heavy atom. The zero-order valence-corrected chi connectivity index (χ0v) is 9.50. The maximum absolute atomic E-state index is 10.5. The molecule has 3 aliphatic rings. The number of hydrogen-bond acceptors (Lipinski definition) is 1. The molecule has 0 amide bonds. The van der Waals surface area contributed by atoms with Gasteiger partial charge in [-0.05, 0) is 62.9 Å². The summed E-state index contributed by atoms with van der Waals surface area (Å²) in [6.07, 6.45) is 11.9. The first-order chi connectivity index (χ1) is 7.18. The Bertz CT molecular complexity index is 319. The van der Waals surface area contributed by atoms with Gasteiger partial charge in [-0.1, -0.05) is 17.7 Å². The highest BCUT2D eigenvalue weighted by molar-refractivity contribution is 5.39. The van der Waals surface area contributed by atoms with Crippen molar-refractivity contribution in [3.05, 3.63) is 23.3 Å². The SMILES string of the molecule is CC1(O)CCCCC1=C1[C@@H]2C=C[C@H]1CC2. The third-order valence-corrected chi connectivity index (χ3v) is 4.50. The van der Waals surface area contributed by atoms with E-state index in [0.717, 1.165) is 12.8 Å². The van der Waals surface area contributed by atoms with Gasteiger partial charge in [-0.3, -0.25) is 0 Å². The number of rotatable bonds is 0. The van der Waals surface area contributed by atoms with Gasteiger partial charge < -0.3 is 5.11 Å². The molecule has 0 spiro atoms. The molecule has 1 unspecified atom stereocenters. The van der Waals surface area contributed by atoms with Crippen molar-refractivity contribution in [2.45, 2.75) is 51.0 Å². The Morgan fingerprint density at radius 2 is 1.87 bits per heavy atom. The van der Waals surface area contributed by atoms with Gasteiger partial charge in [0.1, 0.15) is 0 Å². The van der Waals surface area contributed by atoms with Gasteiger partial charge in [-0.15, -0.1) is 0 Å². The number of hydrogen-bond donors (Lipinski definition) is 1. The lowest BCUT2D eigenvalue weighted by Crippen LogP contribution is -2.32. The molecule has 0 aromatic rings. The van der Waals surface area contributed by atoms with E-state index < -0.39 is 5.60 Å². The molecular formula is C14H20O. The summed E-state index contributed by atoms with van der Waals surface area (Å²) in [5.74, 6) is 1.35. The fourth-order valence-corrected chi connectivity index (χ4v) is 3.71. The molecule has 0 aliphatic heterocycles. The van der Waals surface area contributed by atoms with E-state index in [0.29, 0.717) is 11.8 Å². The highest BCUT2D eigenvalue weighted by Crippen LogP contribution is 2.49. The fraction of sp³-hybridized carbons (Fsp3) is 0.714. The average Bonchev–Trinajstić information content (AvgIpc) is 2.77. The van der Waals surface area contributed by atoms with Crippen LogP contribution >= 0.6 is 0 Å². The summed E-state index contributed by atoms with van der Waals surface area (Å²) in [5.41, 5.74) is 2.49. The Balaban J connectivity index is 2.01. The van der Waals surface area contributed by atoms with E-state index in [1.54, 1.807) is 5.57 Å². The minimum Gasteiger partial charge on any atom is -0.386 e. The quantitative estimate of drug-likeness (QED) is 0.601. The van der Waals surface area contributed by atoms with Crippen LogP contribution in [0, 0.1) is 11.8 Å². The second-order valence-corrected chi connectivity index (χ2v) is 5.59. The molecule has 0 heterocycles. The molecule has 0 aromatic heterocycles. The molecule has 0 saturated heterocycles. The molecule has 3 aliphatic carbocycles. The average molecular weight is 204 g/mol. The van der Waals surface area contributed by atoms with Gasteiger partial charge >= 0.3 is 0 Å². The van der Waals surface area contributed by atoms with Crippen molar-refractivity contribution in [2.24, 2.45) is 11.8 Å². The molecule has 82 valence electrons. The summed E-state index contributed by atoms with van der Waals surface area (Å²) in [7, 11) is 0. The lowest BCUT2D eigenvalue weighted by atomic mass is 9.77. The van der Waals surface area contributed by atoms with E-state index >= 15 is 0 Å². The van der Waals surface area contributed by atoms with Crippen LogP contribution in [0.2, 0.25) is 0 Å². The first-order valence-corrected chi connectivity index (χ1v) is 6.32. The Morgan fingerprint density at radius 3 is 2.40 bits per heavy atom. The molecule has 2 saturated carbocycles. The fourth-order valence-electron chi connectivity index (χ4n) is 3.71. The lowest BCUT2D eigenvalue weighted by molar-refractivity contribution is 0.0687. The van der Waals surface area contributed by atoms with Crippen molar-refractivity contribution in [3.63, 3.8) is 0 Å². The predicted octanol–water partition coefficient (Wildman–Crippen LogP) is 3.20. The zero-order chi connectivity index (χ0) is 10.5. The monoisotopic (exact) mass is 204 g/mol. The van der Waals surface area contributed by atoms with Gasteiger partial charge in [0.15, 0.2) is 0 Å². The number of fused-ring (bicyclic) bond motifs is 2.